The highest BCUT2D eigenvalue weighted by Gasteiger charge is 2.01. The molecule has 0 spiro atoms. The van der Waals surface area contributed by atoms with Gasteiger partial charge in [-0.3, -0.25) is 0 Å². The van der Waals surface area contributed by atoms with Crippen LogP contribution in [0.15, 0.2) is 12.1 Å². The number of nitrogens with two attached hydrogens (primary N) is 2. The second-order valence-electron chi connectivity index (χ2n) is 1.97. The third kappa shape index (κ3) is 2.56. The first-order chi connectivity index (χ1) is 4.61. The minimum atomic E-state index is -0.115. The number of anilines is 2. The van der Waals surface area contributed by atoms with Gasteiger partial charge in [-0.05, 0) is 0 Å². The van der Waals surface area contributed by atoms with Gasteiger partial charge in [0, 0.05) is 12.1 Å². The Hall–Kier alpha value is -1.00. The third-order valence-electron chi connectivity index (χ3n) is 1.18. The second-order valence-corrected chi connectivity index (χ2v) is 1.97. The molecule has 1 aromatic rings. The molecule has 0 bridgehead atoms. The molecule has 0 aliphatic heterocycles. The molecule has 12 heavy (non-hydrogen) atoms. The molecule has 0 heterocycles. The first-order valence-electron chi connectivity index (χ1n) is 2.68. The van der Waals surface area contributed by atoms with E-state index in [9.17, 15) is 0 Å². The maximum Gasteiger partial charge on any atom is 0.140 e. The average molecular weight is 213 g/mol. The largest absolute Gasteiger partial charge is 0.506 e. The van der Waals surface area contributed by atoms with Gasteiger partial charge in [0.15, 0.2) is 0 Å². The van der Waals surface area contributed by atoms with E-state index in [0.717, 1.165) is 0 Å². The van der Waals surface area contributed by atoms with E-state index in [0.29, 0.717) is 0 Å². The normalized spacial score (nSPS) is 8.00. The van der Waals surface area contributed by atoms with Crippen LogP contribution in [-0.4, -0.2) is 10.2 Å². The highest BCUT2D eigenvalue weighted by molar-refractivity contribution is 5.85. The van der Waals surface area contributed by atoms with E-state index in [1.165, 1.54) is 12.1 Å². The van der Waals surface area contributed by atoms with Crippen LogP contribution in [-0.2, 0) is 0 Å². The number of phenolic OH excluding ortho intramolecular Hbond substituents is 2. The molecule has 0 amide bonds. The molecule has 6 heteroatoms. The molecule has 6 N–H and O–H groups in total. The fraction of sp³-hybridized carbons (Fsp3) is 0. The van der Waals surface area contributed by atoms with Gasteiger partial charge < -0.3 is 21.7 Å². The number of aromatic hydroxyl groups is 2. The van der Waals surface area contributed by atoms with Crippen LogP contribution in [0.5, 0.6) is 11.5 Å². The number of hydrogen-bond acceptors (Lipinski definition) is 4. The van der Waals surface area contributed by atoms with Crippen molar-refractivity contribution in [2.45, 2.75) is 0 Å². The number of phenols is 2. The summed E-state index contributed by atoms with van der Waals surface area (Å²) in [6, 6.07) is 2.40. The van der Waals surface area contributed by atoms with E-state index in [2.05, 4.69) is 0 Å². The first kappa shape index (κ1) is 13.6. The van der Waals surface area contributed by atoms with Crippen LogP contribution in [0.4, 0.5) is 11.4 Å². The Morgan fingerprint density at radius 2 is 1.08 bits per heavy atom. The Kier molecular flexibility index (Phi) is 5.42. The molecule has 0 aromatic heterocycles. The van der Waals surface area contributed by atoms with Crippen LogP contribution < -0.4 is 11.5 Å². The molecule has 0 aliphatic rings. The molecule has 0 fully saturated rings. The fourth-order valence-corrected chi connectivity index (χ4v) is 0.609. The standard InChI is InChI=1S/C6H8N2O2.2ClH/c7-3-1-5(9)4(8)2-6(3)10;;/h1-2,9-10H,7-8H2;2*1H. The predicted octanol–water partition coefficient (Wildman–Crippen LogP) is 1.11. The molecule has 0 radical (unpaired) electrons. The zero-order valence-electron chi connectivity index (χ0n) is 6.02. The van der Waals surface area contributed by atoms with Gasteiger partial charge in [0.25, 0.3) is 0 Å². The molecule has 0 atom stereocenters. The van der Waals surface area contributed by atoms with E-state index in [4.69, 9.17) is 21.7 Å². The summed E-state index contributed by atoms with van der Waals surface area (Å²) in [4.78, 5) is 0. The quantitative estimate of drug-likeness (QED) is 0.295. The van der Waals surface area contributed by atoms with Crippen molar-refractivity contribution < 1.29 is 10.2 Å². The van der Waals surface area contributed by atoms with Gasteiger partial charge in [0.1, 0.15) is 11.5 Å². The Labute approximate surface area is 82.0 Å². The summed E-state index contributed by atoms with van der Waals surface area (Å²) in [6.45, 7) is 0. The third-order valence-corrected chi connectivity index (χ3v) is 1.18. The smallest absolute Gasteiger partial charge is 0.140 e. The second kappa shape index (κ2) is 4.79. The van der Waals surface area contributed by atoms with Crippen LogP contribution in [0.1, 0.15) is 0 Å². The summed E-state index contributed by atoms with van der Waals surface area (Å²) in [5, 5.41) is 17.8. The molecular weight excluding hydrogens is 203 g/mol. The predicted molar refractivity (Wildman–Crippen MR) is 53.1 cm³/mol. The average Bonchev–Trinajstić information content (AvgIpc) is 1.84. The molecule has 70 valence electrons. The van der Waals surface area contributed by atoms with Gasteiger partial charge in [0.05, 0.1) is 11.4 Å². The molecule has 0 saturated heterocycles. The van der Waals surface area contributed by atoms with Gasteiger partial charge >= 0.3 is 0 Å². The zero-order valence-corrected chi connectivity index (χ0v) is 7.65. The molecule has 1 aromatic carbocycles. The summed E-state index contributed by atoms with van der Waals surface area (Å²) in [5.41, 5.74) is 10.7. The van der Waals surface area contributed by atoms with Crippen molar-refractivity contribution in [1.29, 1.82) is 0 Å². The number of nitrogen functional groups attached to an aromatic ring is 2. The monoisotopic (exact) mass is 212 g/mol. The van der Waals surface area contributed by atoms with Crippen LogP contribution >= 0.6 is 24.8 Å². The lowest BCUT2D eigenvalue weighted by Crippen LogP contribution is -1.89. The summed E-state index contributed by atoms with van der Waals surface area (Å²) in [5.74, 6) is -0.231. The minimum absolute atomic E-state index is 0. The number of hydrogen-bond donors (Lipinski definition) is 4. The van der Waals surface area contributed by atoms with Crippen molar-refractivity contribution >= 4 is 36.2 Å². The van der Waals surface area contributed by atoms with Gasteiger partial charge in [0.2, 0.25) is 0 Å². The van der Waals surface area contributed by atoms with Crippen LogP contribution in [0.25, 0.3) is 0 Å². The fourth-order valence-electron chi connectivity index (χ4n) is 0.609. The van der Waals surface area contributed by atoms with Crippen molar-refractivity contribution in [2.75, 3.05) is 11.5 Å². The summed E-state index contributed by atoms with van der Waals surface area (Å²) >= 11 is 0. The molecular formula is C6H10Cl2N2O2. The lowest BCUT2D eigenvalue weighted by molar-refractivity contribution is 0.465. The summed E-state index contributed by atoms with van der Waals surface area (Å²) < 4.78 is 0. The SMILES string of the molecule is Cl.Cl.Nc1cc(O)c(N)cc1O. The number of benzene rings is 1. The van der Waals surface area contributed by atoms with Crippen molar-refractivity contribution in [3.63, 3.8) is 0 Å². The van der Waals surface area contributed by atoms with Crippen molar-refractivity contribution in [3.8, 4) is 11.5 Å². The number of halogens is 2. The minimum Gasteiger partial charge on any atom is -0.506 e. The van der Waals surface area contributed by atoms with Gasteiger partial charge in [-0.15, -0.1) is 24.8 Å². The molecule has 0 aliphatic carbocycles. The van der Waals surface area contributed by atoms with Crippen molar-refractivity contribution in [3.05, 3.63) is 12.1 Å². The van der Waals surface area contributed by atoms with E-state index in [1.54, 1.807) is 0 Å². The van der Waals surface area contributed by atoms with E-state index < -0.39 is 0 Å². The lowest BCUT2D eigenvalue weighted by atomic mass is 10.2. The Balaban J connectivity index is 0. The zero-order chi connectivity index (χ0) is 7.72. The molecule has 0 unspecified atom stereocenters. The van der Waals surface area contributed by atoms with Crippen molar-refractivity contribution in [2.24, 2.45) is 0 Å². The molecule has 4 nitrogen and oxygen atoms in total. The molecule has 1 rings (SSSR count). The van der Waals surface area contributed by atoms with Crippen LogP contribution in [0.2, 0.25) is 0 Å². The molecule has 0 saturated carbocycles. The topological polar surface area (TPSA) is 92.5 Å². The highest BCUT2D eigenvalue weighted by Crippen LogP contribution is 2.30. The lowest BCUT2D eigenvalue weighted by Gasteiger charge is -2.01. The Morgan fingerprint density at radius 3 is 1.33 bits per heavy atom. The van der Waals surface area contributed by atoms with E-state index in [-0.39, 0.29) is 47.7 Å². The van der Waals surface area contributed by atoms with Crippen molar-refractivity contribution in [1.82, 2.24) is 0 Å². The maximum absolute atomic E-state index is 8.91. The number of rotatable bonds is 0. The maximum atomic E-state index is 8.91. The summed E-state index contributed by atoms with van der Waals surface area (Å²) in [6.07, 6.45) is 0. The summed E-state index contributed by atoms with van der Waals surface area (Å²) in [7, 11) is 0. The van der Waals surface area contributed by atoms with E-state index in [1.807, 2.05) is 0 Å². The Bertz CT molecular complexity index is 218. The first-order valence-corrected chi connectivity index (χ1v) is 2.68. The van der Waals surface area contributed by atoms with Gasteiger partial charge in [-0.1, -0.05) is 0 Å². The van der Waals surface area contributed by atoms with Crippen LogP contribution in [0, 0.1) is 0 Å². The van der Waals surface area contributed by atoms with E-state index >= 15 is 0 Å². The highest BCUT2D eigenvalue weighted by atomic mass is 35.5. The Morgan fingerprint density at radius 1 is 0.833 bits per heavy atom. The van der Waals surface area contributed by atoms with Gasteiger partial charge in [-0.25, -0.2) is 0 Å². The van der Waals surface area contributed by atoms with Crippen LogP contribution in [0.3, 0.4) is 0 Å². The van der Waals surface area contributed by atoms with Gasteiger partial charge in [-0.2, -0.15) is 0 Å².